The predicted molar refractivity (Wildman–Crippen MR) is 97.2 cm³/mol. The lowest BCUT2D eigenvalue weighted by atomic mass is 10.1. The van der Waals surface area contributed by atoms with Crippen LogP contribution < -0.4 is 19.5 Å². The lowest BCUT2D eigenvalue weighted by molar-refractivity contribution is 0.0944. The molecule has 26 heavy (non-hydrogen) atoms. The van der Waals surface area contributed by atoms with E-state index >= 15 is 0 Å². The van der Waals surface area contributed by atoms with E-state index in [1.807, 2.05) is 43.5 Å². The first-order chi connectivity index (χ1) is 12.6. The highest BCUT2D eigenvalue weighted by Crippen LogP contribution is 2.38. The van der Waals surface area contributed by atoms with Crippen LogP contribution in [0.3, 0.4) is 0 Å². The van der Waals surface area contributed by atoms with Gasteiger partial charge in [0.15, 0.2) is 11.5 Å². The van der Waals surface area contributed by atoms with Gasteiger partial charge in [0.2, 0.25) is 5.75 Å². The van der Waals surface area contributed by atoms with E-state index in [2.05, 4.69) is 10.3 Å². The number of rotatable bonds is 6. The summed E-state index contributed by atoms with van der Waals surface area (Å²) in [5.41, 5.74) is 2.77. The van der Waals surface area contributed by atoms with Gasteiger partial charge in [-0.05, 0) is 36.8 Å². The number of nitrogens with one attached hydrogen (secondary N) is 1. The molecule has 3 aromatic rings. The fourth-order valence-corrected chi connectivity index (χ4v) is 2.89. The summed E-state index contributed by atoms with van der Waals surface area (Å²) in [6.07, 6.45) is 1.82. The van der Waals surface area contributed by atoms with Crippen molar-refractivity contribution in [1.29, 1.82) is 0 Å². The van der Waals surface area contributed by atoms with Gasteiger partial charge in [-0.3, -0.25) is 9.20 Å². The molecule has 0 aliphatic rings. The Balaban J connectivity index is 1.84. The van der Waals surface area contributed by atoms with E-state index in [0.29, 0.717) is 35.2 Å². The van der Waals surface area contributed by atoms with Crippen molar-refractivity contribution in [3.05, 3.63) is 53.5 Å². The molecule has 3 rings (SSSR count). The third kappa shape index (κ3) is 3.15. The molecule has 1 amide bonds. The van der Waals surface area contributed by atoms with Gasteiger partial charge in [0.25, 0.3) is 5.91 Å². The molecule has 0 spiro atoms. The zero-order valence-corrected chi connectivity index (χ0v) is 15.2. The third-order valence-corrected chi connectivity index (χ3v) is 4.10. The third-order valence-electron chi connectivity index (χ3n) is 4.10. The molecule has 0 aliphatic carbocycles. The summed E-state index contributed by atoms with van der Waals surface area (Å²) in [7, 11) is 4.66. The largest absolute Gasteiger partial charge is 0.493 e. The number of pyridine rings is 1. The highest BCUT2D eigenvalue weighted by atomic mass is 16.5. The van der Waals surface area contributed by atoms with Crippen LogP contribution in [0.15, 0.2) is 36.5 Å². The minimum Gasteiger partial charge on any atom is -0.493 e. The zero-order chi connectivity index (χ0) is 18.7. The molecule has 1 N–H and O–H groups in total. The Labute approximate surface area is 151 Å². The fourth-order valence-electron chi connectivity index (χ4n) is 2.89. The van der Waals surface area contributed by atoms with Gasteiger partial charge in [-0.1, -0.05) is 6.07 Å². The van der Waals surface area contributed by atoms with Gasteiger partial charge >= 0.3 is 0 Å². The number of aryl methyl sites for hydroxylation is 1. The fraction of sp³-hybridized carbons (Fsp3) is 0.263. The number of hydrogen-bond acceptors (Lipinski definition) is 5. The number of imidazole rings is 1. The van der Waals surface area contributed by atoms with Crippen molar-refractivity contribution < 1.29 is 19.0 Å². The maximum Gasteiger partial charge on any atom is 0.270 e. The standard InChI is InChI=1S/C19H21N3O4/c1-12-17(22-8-6-5-7-16(22)21-12)19(23)20-11-13-9-14(24-2)18(26-4)15(10-13)25-3/h5-10H,11H2,1-4H3,(H,20,23). The van der Waals surface area contributed by atoms with Gasteiger partial charge in [0, 0.05) is 12.7 Å². The molecule has 2 aromatic heterocycles. The van der Waals surface area contributed by atoms with E-state index < -0.39 is 0 Å². The zero-order valence-electron chi connectivity index (χ0n) is 15.2. The Kier molecular flexibility index (Phi) is 4.97. The Hall–Kier alpha value is -3.22. The first-order valence-electron chi connectivity index (χ1n) is 8.09. The number of carbonyl (C=O) groups excluding carboxylic acids is 1. The minimum absolute atomic E-state index is 0.199. The van der Waals surface area contributed by atoms with Crippen LogP contribution in [0.1, 0.15) is 21.7 Å². The van der Waals surface area contributed by atoms with Gasteiger partial charge < -0.3 is 19.5 Å². The highest BCUT2D eigenvalue weighted by Gasteiger charge is 2.17. The summed E-state index contributed by atoms with van der Waals surface area (Å²) in [6, 6.07) is 9.23. The highest BCUT2D eigenvalue weighted by molar-refractivity contribution is 5.94. The van der Waals surface area contributed by atoms with Crippen LogP contribution in [0, 0.1) is 6.92 Å². The average Bonchev–Trinajstić information content (AvgIpc) is 3.00. The molecule has 0 radical (unpaired) electrons. The van der Waals surface area contributed by atoms with Crippen molar-refractivity contribution in [1.82, 2.24) is 14.7 Å². The molecular weight excluding hydrogens is 334 g/mol. The Morgan fingerprint density at radius 3 is 2.42 bits per heavy atom. The smallest absolute Gasteiger partial charge is 0.270 e. The first kappa shape index (κ1) is 17.6. The normalized spacial score (nSPS) is 10.6. The van der Waals surface area contributed by atoms with Crippen LogP contribution in [-0.2, 0) is 6.54 Å². The average molecular weight is 355 g/mol. The molecule has 0 saturated heterocycles. The summed E-state index contributed by atoms with van der Waals surface area (Å²) in [5, 5.41) is 2.92. The molecule has 0 unspecified atom stereocenters. The minimum atomic E-state index is -0.199. The summed E-state index contributed by atoms with van der Waals surface area (Å²) < 4.78 is 17.8. The van der Waals surface area contributed by atoms with Crippen LogP contribution in [0.2, 0.25) is 0 Å². The van der Waals surface area contributed by atoms with E-state index in [9.17, 15) is 4.79 Å². The summed E-state index contributed by atoms with van der Waals surface area (Å²) in [5.74, 6) is 1.40. The number of hydrogen-bond donors (Lipinski definition) is 1. The second-order valence-corrected chi connectivity index (χ2v) is 5.69. The van der Waals surface area contributed by atoms with Gasteiger partial charge in [0.05, 0.1) is 27.0 Å². The molecule has 136 valence electrons. The van der Waals surface area contributed by atoms with E-state index in [4.69, 9.17) is 14.2 Å². The molecule has 0 saturated carbocycles. The molecule has 7 nitrogen and oxygen atoms in total. The molecular formula is C19H21N3O4. The Bertz CT molecular complexity index is 924. The van der Waals surface area contributed by atoms with Crippen molar-refractivity contribution in [2.75, 3.05) is 21.3 Å². The van der Waals surface area contributed by atoms with Crippen LogP contribution in [0.5, 0.6) is 17.2 Å². The Morgan fingerprint density at radius 1 is 1.12 bits per heavy atom. The van der Waals surface area contributed by atoms with E-state index in [1.54, 1.807) is 25.7 Å². The van der Waals surface area contributed by atoms with E-state index in [-0.39, 0.29) is 5.91 Å². The number of ether oxygens (including phenoxy) is 3. The second kappa shape index (κ2) is 7.35. The molecule has 0 bridgehead atoms. The Morgan fingerprint density at radius 2 is 1.81 bits per heavy atom. The maximum absolute atomic E-state index is 12.7. The topological polar surface area (TPSA) is 74.1 Å². The summed E-state index contributed by atoms with van der Waals surface area (Å²) >= 11 is 0. The quantitative estimate of drug-likeness (QED) is 0.736. The van der Waals surface area contributed by atoms with E-state index in [1.165, 1.54) is 0 Å². The van der Waals surface area contributed by atoms with Crippen molar-refractivity contribution in [2.24, 2.45) is 0 Å². The number of aromatic nitrogens is 2. The number of methoxy groups -OCH3 is 3. The van der Waals surface area contributed by atoms with Crippen LogP contribution in [-0.4, -0.2) is 36.6 Å². The first-order valence-corrected chi connectivity index (χ1v) is 8.09. The van der Waals surface area contributed by atoms with Crippen molar-refractivity contribution in [3.8, 4) is 17.2 Å². The van der Waals surface area contributed by atoms with Crippen LogP contribution in [0.25, 0.3) is 5.65 Å². The number of fused-ring (bicyclic) bond motifs is 1. The summed E-state index contributed by atoms with van der Waals surface area (Å²) in [4.78, 5) is 17.1. The molecule has 7 heteroatoms. The van der Waals surface area contributed by atoms with Crippen LogP contribution in [0.4, 0.5) is 0 Å². The van der Waals surface area contributed by atoms with Crippen LogP contribution >= 0.6 is 0 Å². The van der Waals surface area contributed by atoms with Crippen molar-refractivity contribution >= 4 is 11.6 Å². The summed E-state index contributed by atoms with van der Waals surface area (Å²) in [6.45, 7) is 2.14. The number of carbonyl (C=O) groups is 1. The molecule has 0 atom stereocenters. The van der Waals surface area contributed by atoms with Crippen molar-refractivity contribution in [2.45, 2.75) is 13.5 Å². The maximum atomic E-state index is 12.7. The molecule has 2 heterocycles. The lowest BCUT2D eigenvalue weighted by Gasteiger charge is -2.14. The number of nitrogens with zero attached hydrogens (tertiary/aromatic N) is 2. The number of amides is 1. The van der Waals surface area contributed by atoms with Crippen molar-refractivity contribution in [3.63, 3.8) is 0 Å². The monoisotopic (exact) mass is 355 g/mol. The van der Waals surface area contributed by atoms with Gasteiger partial charge in [0.1, 0.15) is 11.3 Å². The van der Waals surface area contributed by atoms with Gasteiger partial charge in [-0.15, -0.1) is 0 Å². The SMILES string of the molecule is COc1cc(CNC(=O)c2c(C)nc3ccccn23)cc(OC)c1OC. The molecule has 0 fully saturated rings. The van der Waals surface area contributed by atoms with Gasteiger partial charge in [-0.25, -0.2) is 4.98 Å². The molecule has 0 aliphatic heterocycles. The second-order valence-electron chi connectivity index (χ2n) is 5.69. The predicted octanol–water partition coefficient (Wildman–Crippen LogP) is 2.60. The molecule has 1 aromatic carbocycles. The van der Waals surface area contributed by atoms with E-state index in [0.717, 1.165) is 11.2 Å². The number of benzene rings is 1. The lowest BCUT2D eigenvalue weighted by Crippen LogP contribution is -2.25. The van der Waals surface area contributed by atoms with Gasteiger partial charge in [-0.2, -0.15) is 0 Å².